The number of hydrogen-bond acceptors (Lipinski definition) is 1. The van der Waals surface area contributed by atoms with Crippen LogP contribution in [0.25, 0.3) is 55.4 Å². The van der Waals surface area contributed by atoms with Crippen LogP contribution in [0.1, 0.15) is 23.6 Å². The number of hydrogen-bond donors (Lipinski definition) is 0. The van der Waals surface area contributed by atoms with E-state index in [9.17, 15) is 0 Å². The molecular formula is C41H29N. The second-order valence-electron chi connectivity index (χ2n) is 11.3. The van der Waals surface area contributed by atoms with Gasteiger partial charge in [0.25, 0.3) is 0 Å². The molecule has 0 saturated heterocycles. The molecule has 0 fully saturated rings. The van der Waals surface area contributed by atoms with Crippen molar-refractivity contribution in [1.29, 1.82) is 0 Å². The van der Waals surface area contributed by atoms with E-state index in [1.807, 2.05) is 12.3 Å². The summed E-state index contributed by atoms with van der Waals surface area (Å²) < 4.78 is 0. The molecule has 6 aromatic carbocycles. The van der Waals surface area contributed by atoms with E-state index in [-0.39, 0.29) is 5.41 Å². The maximum absolute atomic E-state index is 4.49. The lowest BCUT2D eigenvalue weighted by Crippen LogP contribution is -2.22. The van der Waals surface area contributed by atoms with Gasteiger partial charge in [-0.3, -0.25) is 4.98 Å². The van der Waals surface area contributed by atoms with E-state index in [0.717, 1.165) is 10.9 Å². The van der Waals surface area contributed by atoms with Gasteiger partial charge in [-0.25, -0.2) is 0 Å². The monoisotopic (exact) mass is 535 g/mol. The Bertz CT molecular complexity index is 2070. The quantitative estimate of drug-likeness (QED) is 0.218. The van der Waals surface area contributed by atoms with Gasteiger partial charge < -0.3 is 0 Å². The average Bonchev–Trinajstić information content (AvgIpc) is 3.34. The summed E-state index contributed by atoms with van der Waals surface area (Å²) in [5.41, 5.74) is 14.9. The number of fused-ring (bicyclic) bond motifs is 4. The molecule has 0 saturated carbocycles. The molecule has 0 amide bonds. The zero-order valence-corrected chi connectivity index (χ0v) is 23.5. The summed E-state index contributed by atoms with van der Waals surface area (Å²) in [6.45, 7) is 2.39. The smallest absolute Gasteiger partial charge is 0.0702 e. The van der Waals surface area contributed by atoms with Crippen molar-refractivity contribution < 1.29 is 0 Å². The predicted octanol–water partition coefficient (Wildman–Crippen LogP) is 10.6. The molecule has 7 aromatic rings. The Balaban J connectivity index is 1.36. The summed E-state index contributed by atoms with van der Waals surface area (Å²) in [7, 11) is 0. The highest BCUT2D eigenvalue weighted by Gasteiger charge is 2.42. The van der Waals surface area contributed by atoms with Gasteiger partial charge in [0.15, 0.2) is 0 Å². The first-order valence-corrected chi connectivity index (χ1v) is 14.6. The van der Waals surface area contributed by atoms with Crippen molar-refractivity contribution in [3.63, 3.8) is 0 Å². The molecule has 1 nitrogen and oxygen atoms in total. The third-order valence-corrected chi connectivity index (χ3v) is 9.02. The Kier molecular flexibility index (Phi) is 5.65. The summed E-state index contributed by atoms with van der Waals surface area (Å²) in [6, 6.07) is 55.2. The van der Waals surface area contributed by atoms with E-state index < -0.39 is 0 Å². The van der Waals surface area contributed by atoms with Crippen LogP contribution < -0.4 is 0 Å². The maximum atomic E-state index is 4.49. The molecule has 0 spiro atoms. The van der Waals surface area contributed by atoms with E-state index in [2.05, 4.69) is 158 Å². The van der Waals surface area contributed by atoms with E-state index in [4.69, 9.17) is 0 Å². The fraction of sp³-hybridized carbons (Fsp3) is 0.0488. The van der Waals surface area contributed by atoms with Crippen molar-refractivity contribution in [2.75, 3.05) is 0 Å². The molecule has 0 bridgehead atoms. The molecule has 0 aliphatic heterocycles. The number of pyridine rings is 1. The number of nitrogens with zero attached hydrogens (tertiary/aromatic N) is 1. The van der Waals surface area contributed by atoms with Gasteiger partial charge in [-0.2, -0.15) is 0 Å². The van der Waals surface area contributed by atoms with Crippen LogP contribution in [-0.4, -0.2) is 4.98 Å². The van der Waals surface area contributed by atoms with Crippen LogP contribution in [0.3, 0.4) is 0 Å². The van der Waals surface area contributed by atoms with Crippen LogP contribution in [0.15, 0.2) is 158 Å². The van der Waals surface area contributed by atoms with Crippen molar-refractivity contribution >= 4 is 10.9 Å². The highest BCUT2D eigenvalue weighted by Crippen LogP contribution is 2.56. The summed E-state index contributed by atoms with van der Waals surface area (Å²) in [6.07, 6.45) is 1.85. The van der Waals surface area contributed by atoms with Crippen LogP contribution in [0.5, 0.6) is 0 Å². The SMILES string of the molecule is CC1(c2ccccc2)c2ccccc2-c2c1ccc(-c1ccccc1)c2-c1ccc(-c2ccc3ncccc3c2)cc1. The molecule has 1 aliphatic carbocycles. The fourth-order valence-corrected chi connectivity index (χ4v) is 6.91. The van der Waals surface area contributed by atoms with Crippen LogP contribution in [0.2, 0.25) is 0 Å². The first-order chi connectivity index (χ1) is 20.7. The van der Waals surface area contributed by atoms with Crippen molar-refractivity contribution in [1.82, 2.24) is 4.98 Å². The lowest BCUT2D eigenvalue weighted by Gasteiger charge is -2.29. The first kappa shape index (κ1) is 24.5. The third-order valence-electron chi connectivity index (χ3n) is 9.02. The minimum atomic E-state index is -0.240. The molecule has 1 aromatic heterocycles. The minimum absolute atomic E-state index is 0.240. The fourth-order valence-electron chi connectivity index (χ4n) is 6.91. The molecule has 1 atom stereocenters. The summed E-state index contributed by atoms with van der Waals surface area (Å²) >= 11 is 0. The van der Waals surface area contributed by atoms with Gasteiger partial charge >= 0.3 is 0 Å². The van der Waals surface area contributed by atoms with Gasteiger partial charge in [-0.05, 0) is 86.3 Å². The molecular weight excluding hydrogens is 506 g/mol. The molecule has 1 aliphatic rings. The Morgan fingerprint density at radius 2 is 1.14 bits per heavy atom. The molecule has 198 valence electrons. The Morgan fingerprint density at radius 3 is 1.95 bits per heavy atom. The van der Waals surface area contributed by atoms with Gasteiger partial charge in [0.05, 0.1) is 5.52 Å². The minimum Gasteiger partial charge on any atom is -0.256 e. The van der Waals surface area contributed by atoms with Gasteiger partial charge in [-0.1, -0.05) is 133 Å². The second kappa shape index (κ2) is 9.68. The topological polar surface area (TPSA) is 12.9 Å². The molecule has 0 radical (unpaired) electrons. The van der Waals surface area contributed by atoms with Gasteiger partial charge in [0.2, 0.25) is 0 Å². The molecule has 0 N–H and O–H groups in total. The van der Waals surface area contributed by atoms with Crippen molar-refractivity contribution in [3.8, 4) is 44.5 Å². The standard InChI is InChI=1S/C41H29N/c1-41(33-14-6-3-7-15-33)36-17-9-8-16-35(36)40-37(41)24-23-34(29-11-4-2-5-12-29)39(40)30-20-18-28(19-21-30)31-22-25-38-32(27-31)13-10-26-42-38/h2-27H,1H3. The Morgan fingerprint density at radius 1 is 0.452 bits per heavy atom. The van der Waals surface area contributed by atoms with Crippen molar-refractivity contribution in [2.45, 2.75) is 12.3 Å². The van der Waals surface area contributed by atoms with E-state index in [1.54, 1.807) is 0 Å². The molecule has 42 heavy (non-hydrogen) atoms. The van der Waals surface area contributed by atoms with E-state index >= 15 is 0 Å². The third kappa shape index (κ3) is 3.74. The average molecular weight is 536 g/mol. The van der Waals surface area contributed by atoms with Crippen molar-refractivity contribution in [3.05, 3.63) is 175 Å². The number of aromatic nitrogens is 1. The van der Waals surface area contributed by atoms with Crippen LogP contribution in [-0.2, 0) is 5.41 Å². The summed E-state index contributed by atoms with van der Waals surface area (Å²) in [4.78, 5) is 4.49. The Labute approximate surface area is 246 Å². The molecule has 1 unspecified atom stereocenters. The lowest BCUT2D eigenvalue weighted by atomic mass is 9.73. The predicted molar refractivity (Wildman–Crippen MR) is 175 cm³/mol. The maximum Gasteiger partial charge on any atom is 0.0702 e. The largest absolute Gasteiger partial charge is 0.256 e. The van der Waals surface area contributed by atoms with E-state index in [0.29, 0.717) is 0 Å². The van der Waals surface area contributed by atoms with Crippen LogP contribution in [0, 0.1) is 0 Å². The van der Waals surface area contributed by atoms with Crippen LogP contribution >= 0.6 is 0 Å². The lowest BCUT2D eigenvalue weighted by molar-refractivity contribution is 0.714. The van der Waals surface area contributed by atoms with Gasteiger partial charge in [0, 0.05) is 17.0 Å². The van der Waals surface area contributed by atoms with Gasteiger partial charge in [-0.15, -0.1) is 0 Å². The second-order valence-corrected chi connectivity index (χ2v) is 11.3. The normalized spacial score (nSPS) is 15.4. The van der Waals surface area contributed by atoms with Crippen LogP contribution in [0.4, 0.5) is 0 Å². The van der Waals surface area contributed by atoms with Gasteiger partial charge in [0.1, 0.15) is 0 Å². The molecule has 1 heteroatoms. The first-order valence-electron chi connectivity index (χ1n) is 14.6. The number of benzene rings is 6. The number of rotatable bonds is 4. The van der Waals surface area contributed by atoms with E-state index in [1.165, 1.54) is 61.2 Å². The molecule has 1 heterocycles. The zero-order valence-electron chi connectivity index (χ0n) is 23.5. The Hall–Kier alpha value is -5.27. The molecule has 8 rings (SSSR count). The highest BCUT2D eigenvalue weighted by molar-refractivity contribution is 6.01. The summed E-state index contributed by atoms with van der Waals surface area (Å²) in [5, 5.41) is 1.16. The zero-order chi connectivity index (χ0) is 28.1. The summed E-state index contributed by atoms with van der Waals surface area (Å²) in [5.74, 6) is 0. The highest BCUT2D eigenvalue weighted by atomic mass is 14.6. The van der Waals surface area contributed by atoms with Crippen molar-refractivity contribution in [2.24, 2.45) is 0 Å².